The van der Waals surface area contributed by atoms with Crippen LogP contribution in [0, 0.1) is 5.82 Å². The number of carbonyl (C=O) groups is 1. The Morgan fingerprint density at radius 1 is 1.36 bits per heavy atom. The summed E-state index contributed by atoms with van der Waals surface area (Å²) in [7, 11) is 0. The van der Waals surface area contributed by atoms with Gasteiger partial charge >= 0.3 is 5.97 Å². The Labute approximate surface area is 149 Å². The van der Waals surface area contributed by atoms with Crippen molar-refractivity contribution in [2.45, 2.75) is 18.9 Å². The fraction of sp³-hybridized carbons (Fsp3) is 0.211. The van der Waals surface area contributed by atoms with Crippen LogP contribution >= 0.6 is 11.6 Å². The first-order chi connectivity index (χ1) is 12.0. The van der Waals surface area contributed by atoms with E-state index in [1.54, 1.807) is 24.3 Å². The number of rotatable bonds is 5. The Bertz CT molecular complexity index is 802. The fourth-order valence-corrected chi connectivity index (χ4v) is 2.86. The Kier molecular flexibility index (Phi) is 5.24. The quantitative estimate of drug-likeness (QED) is 0.759. The minimum atomic E-state index is -0.832. The maximum atomic E-state index is 13.8. The maximum absolute atomic E-state index is 13.8. The van der Waals surface area contributed by atoms with Gasteiger partial charge in [0.25, 0.3) is 0 Å². The zero-order valence-corrected chi connectivity index (χ0v) is 14.1. The van der Waals surface area contributed by atoms with Crippen molar-refractivity contribution in [3.8, 4) is 5.75 Å². The van der Waals surface area contributed by atoms with Crippen LogP contribution in [0.25, 0.3) is 12.2 Å². The van der Waals surface area contributed by atoms with E-state index in [0.717, 1.165) is 11.3 Å². The molecule has 1 aliphatic heterocycles. The molecule has 130 valence electrons. The predicted molar refractivity (Wildman–Crippen MR) is 96.6 cm³/mol. The molecule has 0 radical (unpaired) electrons. The highest BCUT2D eigenvalue weighted by molar-refractivity contribution is 6.32. The van der Waals surface area contributed by atoms with Crippen molar-refractivity contribution in [2.24, 2.45) is 0 Å². The molecule has 25 heavy (non-hydrogen) atoms. The van der Waals surface area contributed by atoms with Gasteiger partial charge in [0, 0.05) is 12.0 Å². The largest absolute Gasteiger partial charge is 0.486 e. The summed E-state index contributed by atoms with van der Waals surface area (Å²) in [6.45, 7) is 0.548. The molecule has 2 N–H and O–H groups in total. The van der Waals surface area contributed by atoms with Gasteiger partial charge in [0.15, 0.2) is 0 Å². The van der Waals surface area contributed by atoms with Gasteiger partial charge < -0.3 is 15.2 Å². The Morgan fingerprint density at radius 2 is 2.20 bits per heavy atom. The third-order valence-electron chi connectivity index (χ3n) is 3.94. The molecular weight excluding hydrogens is 345 g/mol. The summed E-state index contributed by atoms with van der Waals surface area (Å²) in [4.78, 5) is 10.6. The number of aliphatic carboxylic acids is 1. The summed E-state index contributed by atoms with van der Waals surface area (Å²) < 4.78 is 19.6. The molecule has 1 heterocycles. The molecule has 0 saturated carbocycles. The lowest BCUT2D eigenvalue weighted by Gasteiger charge is -2.27. The summed E-state index contributed by atoms with van der Waals surface area (Å²) >= 11 is 6.01. The van der Waals surface area contributed by atoms with Gasteiger partial charge in [-0.1, -0.05) is 29.8 Å². The van der Waals surface area contributed by atoms with Crippen LogP contribution in [0.2, 0.25) is 5.02 Å². The minimum absolute atomic E-state index is 0.0753. The number of carboxylic acids is 1. The second-order valence-corrected chi connectivity index (χ2v) is 6.18. The Hall–Kier alpha value is -2.53. The molecule has 2 aromatic rings. The number of anilines is 1. The van der Waals surface area contributed by atoms with Crippen LogP contribution in [-0.4, -0.2) is 23.7 Å². The second kappa shape index (κ2) is 7.57. The Balaban J connectivity index is 1.72. The summed E-state index contributed by atoms with van der Waals surface area (Å²) in [6, 6.07) is 10.1. The van der Waals surface area contributed by atoms with E-state index in [0.29, 0.717) is 29.3 Å². The summed E-state index contributed by atoms with van der Waals surface area (Å²) in [5.41, 5.74) is 2.05. The van der Waals surface area contributed by atoms with Crippen molar-refractivity contribution in [3.63, 3.8) is 0 Å². The van der Waals surface area contributed by atoms with Crippen LogP contribution in [0.15, 0.2) is 36.4 Å². The van der Waals surface area contributed by atoms with Crippen molar-refractivity contribution in [1.82, 2.24) is 0 Å². The van der Waals surface area contributed by atoms with Crippen LogP contribution in [0.4, 0.5) is 10.1 Å². The highest BCUT2D eigenvalue weighted by atomic mass is 35.5. The number of carboxylic acid groups (broad SMARTS) is 1. The maximum Gasteiger partial charge on any atom is 0.303 e. The number of nitrogens with one attached hydrogen (secondary N) is 1. The van der Waals surface area contributed by atoms with E-state index in [1.807, 2.05) is 18.2 Å². The molecule has 2 aromatic carbocycles. The van der Waals surface area contributed by atoms with Crippen molar-refractivity contribution >= 4 is 35.4 Å². The molecule has 0 saturated heterocycles. The topological polar surface area (TPSA) is 58.6 Å². The summed E-state index contributed by atoms with van der Waals surface area (Å²) in [5, 5.41) is 12.4. The first kappa shape index (κ1) is 17.3. The van der Waals surface area contributed by atoms with Gasteiger partial charge in [0.1, 0.15) is 17.7 Å². The van der Waals surface area contributed by atoms with Crippen molar-refractivity contribution in [1.29, 1.82) is 0 Å². The van der Waals surface area contributed by atoms with Crippen LogP contribution < -0.4 is 10.1 Å². The molecule has 1 atom stereocenters. The molecule has 0 amide bonds. The van der Waals surface area contributed by atoms with Gasteiger partial charge in [-0.05, 0) is 42.3 Å². The molecule has 0 unspecified atom stereocenters. The first-order valence-electron chi connectivity index (χ1n) is 7.91. The standard InChI is InChI=1S/C19H17ClFNO3/c20-15-2-1-3-16(21)14(15)7-4-12-5-8-18-17(10-12)22-11-13(25-18)6-9-19(23)24/h1-5,7-8,10,13,22H,6,9,11H2,(H,23,24)/b7-4+/t13-/m0/s1. The zero-order valence-electron chi connectivity index (χ0n) is 13.3. The molecule has 3 rings (SSSR count). The molecular formula is C19H17ClFNO3. The van der Waals surface area contributed by atoms with Gasteiger partial charge in [0.05, 0.1) is 17.3 Å². The van der Waals surface area contributed by atoms with Crippen LogP contribution in [-0.2, 0) is 4.79 Å². The SMILES string of the molecule is O=C(O)CC[C@H]1CNc2cc(/C=C/c3c(F)cccc3Cl)ccc2O1. The molecule has 1 aliphatic rings. The normalized spacial score (nSPS) is 16.2. The van der Waals surface area contributed by atoms with Gasteiger partial charge in [-0.15, -0.1) is 0 Å². The molecule has 0 aliphatic carbocycles. The van der Waals surface area contributed by atoms with Crippen molar-refractivity contribution in [2.75, 3.05) is 11.9 Å². The van der Waals surface area contributed by atoms with E-state index < -0.39 is 5.97 Å². The first-order valence-corrected chi connectivity index (χ1v) is 8.29. The molecule has 0 aromatic heterocycles. The van der Waals surface area contributed by atoms with Crippen molar-refractivity contribution < 1.29 is 19.0 Å². The number of halogens is 2. The van der Waals surface area contributed by atoms with E-state index >= 15 is 0 Å². The number of benzene rings is 2. The zero-order chi connectivity index (χ0) is 17.8. The summed E-state index contributed by atoms with van der Waals surface area (Å²) in [5.74, 6) is -0.520. The lowest BCUT2D eigenvalue weighted by Crippen LogP contribution is -2.31. The molecule has 4 nitrogen and oxygen atoms in total. The van der Waals surface area contributed by atoms with Crippen molar-refractivity contribution in [3.05, 3.63) is 58.4 Å². The molecule has 0 spiro atoms. The highest BCUT2D eigenvalue weighted by Gasteiger charge is 2.20. The third kappa shape index (κ3) is 4.31. The average molecular weight is 362 g/mol. The molecule has 0 bridgehead atoms. The Morgan fingerprint density at radius 3 is 2.96 bits per heavy atom. The number of hydrogen-bond acceptors (Lipinski definition) is 3. The number of fused-ring (bicyclic) bond motifs is 1. The van der Waals surface area contributed by atoms with Gasteiger partial charge in [-0.3, -0.25) is 4.79 Å². The number of ether oxygens (including phenoxy) is 1. The van der Waals surface area contributed by atoms with Crippen LogP contribution in [0.1, 0.15) is 24.0 Å². The van der Waals surface area contributed by atoms with E-state index in [2.05, 4.69) is 5.32 Å². The van der Waals surface area contributed by atoms with Crippen LogP contribution in [0.5, 0.6) is 5.75 Å². The van der Waals surface area contributed by atoms with E-state index in [-0.39, 0.29) is 18.3 Å². The minimum Gasteiger partial charge on any atom is -0.486 e. The monoisotopic (exact) mass is 361 g/mol. The number of hydrogen-bond donors (Lipinski definition) is 2. The average Bonchev–Trinajstić information content (AvgIpc) is 2.59. The van der Waals surface area contributed by atoms with Gasteiger partial charge in [-0.2, -0.15) is 0 Å². The van der Waals surface area contributed by atoms with Crippen LogP contribution in [0.3, 0.4) is 0 Å². The molecule has 6 heteroatoms. The smallest absolute Gasteiger partial charge is 0.303 e. The van der Waals surface area contributed by atoms with Gasteiger partial charge in [-0.25, -0.2) is 4.39 Å². The summed E-state index contributed by atoms with van der Waals surface area (Å²) in [6.07, 6.45) is 3.78. The predicted octanol–water partition coefficient (Wildman–Crippen LogP) is 4.69. The highest BCUT2D eigenvalue weighted by Crippen LogP contribution is 2.32. The molecule has 0 fully saturated rings. The second-order valence-electron chi connectivity index (χ2n) is 5.78. The lowest BCUT2D eigenvalue weighted by atomic mass is 10.1. The van der Waals surface area contributed by atoms with Gasteiger partial charge in [0.2, 0.25) is 0 Å². The fourth-order valence-electron chi connectivity index (χ4n) is 2.63. The van der Waals surface area contributed by atoms with E-state index in [4.69, 9.17) is 21.4 Å². The van der Waals surface area contributed by atoms with E-state index in [1.165, 1.54) is 6.07 Å². The van der Waals surface area contributed by atoms with E-state index in [9.17, 15) is 9.18 Å². The third-order valence-corrected chi connectivity index (χ3v) is 4.27. The lowest BCUT2D eigenvalue weighted by molar-refractivity contribution is -0.137.